The predicted molar refractivity (Wildman–Crippen MR) is 110 cm³/mol. The minimum atomic E-state index is -0.653. The molecule has 1 aliphatic carbocycles. The molecule has 1 saturated heterocycles. The first-order chi connectivity index (χ1) is 14.2. The molecular weight excluding hydrogens is 368 g/mol. The van der Waals surface area contributed by atoms with E-state index in [4.69, 9.17) is 9.47 Å². The standard InChI is InChI=1S/C22H30N4O3/c1-28-19-9-4-6-17(20(19)29-18-7-2-3-8-18)16-24-21(27)22(10-13-23-14-11-22)26-15-5-12-25-26/h4-6,9,12,15,18,23H,2-3,7-8,10-11,13-14,16H2,1H3,(H,24,27). The Kier molecular flexibility index (Phi) is 6.04. The number of ether oxygens (including phenoxy) is 2. The van der Waals surface area contributed by atoms with Gasteiger partial charge in [0.2, 0.25) is 5.91 Å². The molecule has 29 heavy (non-hydrogen) atoms. The lowest BCUT2D eigenvalue weighted by Crippen LogP contribution is -2.54. The van der Waals surface area contributed by atoms with Gasteiger partial charge in [-0.3, -0.25) is 9.48 Å². The van der Waals surface area contributed by atoms with Gasteiger partial charge in [0, 0.05) is 24.5 Å². The monoisotopic (exact) mass is 398 g/mol. The highest BCUT2D eigenvalue weighted by molar-refractivity contribution is 5.84. The number of hydrogen-bond donors (Lipinski definition) is 2. The highest BCUT2D eigenvalue weighted by atomic mass is 16.5. The quantitative estimate of drug-likeness (QED) is 0.750. The van der Waals surface area contributed by atoms with Crippen molar-refractivity contribution in [3.8, 4) is 11.5 Å². The number of para-hydroxylation sites is 1. The SMILES string of the molecule is COc1cccc(CNC(=O)C2(n3cccn3)CCNCC2)c1OC1CCCC1. The highest BCUT2D eigenvalue weighted by Gasteiger charge is 2.41. The van der Waals surface area contributed by atoms with E-state index in [0.29, 0.717) is 25.1 Å². The first-order valence-corrected chi connectivity index (χ1v) is 10.5. The predicted octanol–water partition coefficient (Wildman–Crippen LogP) is 2.61. The lowest BCUT2D eigenvalue weighted by molar-refractivity contribution is -0.132. The zero-order chi connectivity index (χ0) is 20.1. The van der Waals surface area contributed by atoms with Crippen LogP contribution in [-0.4, -0.2) is 42.0 Å². The van der Waals surface area contributed by atoms with Crippen molar-refractivity contribution < 1.29 is 14.3 Å². The number of nitrogens with one attached hydrogen (secondary N) is 2. The number of methoxy groups -OCH3 is 1. The summed E-state index contributed by atoms with van der Waals surface area (Å²) in [5.74, 6) is 1.46. The number of amides is 1. The second-order valence-corrected chi connectivity index (χ2v) is 7.89. The topological polar surface area (TPSA) is 77.4 Å². The third-order valence-corrected chi connectivity index (χ3v) is 6.10. The summed E-state index contributed by atoms with van der Waals surface area (Å²) in [6, 6.07) is 7.71. The van der Waals surface area contributed by atoms with Gasteiger partial charge in [-0.1, -0.05) is 12.1 Å². The van der Waals surface area contributed by atoms with Gasteiger partial charge in [0.1, 0.15) is 5.54 Å². The Labute approximate surface area is 171 Å². The van der Waals surface area contributed by atoms with E-state index in [1.54, 1.807) is 13.3 Å². The lowest BCUT2D eigenvalue weighted by Gasteiger charge is -2.36. The van der Waals surface area contributed by atoms with Crippen LogP contribution < -0.4 is 20.1 Å². The van der Waals surface area contributed by atoms with E-state index in [0.717, 1.165) is 37.2 Å². The summed E-state index contributed by atoms with van der Waals surface area (Å²) in [5, 5.41) is 10.9. The molecule has 7 heteroatoms. The van der Waals surface area contributed by atoms with Crippen molar-refractivity contribution in [2.75, 3.05) is 20.2 Å². The number of piperidine rings is 1. The van der Waals surface area contributed by atoms with Crippen molar-refractivity contribution in [2.24, 2.45) is 0 Å². The molecule has 0 atom stereocenters. The van der Waals surface area contributed by atoms with Crippen LogP contribution in [0.5, 0.6) is 11.5 Å². The Morgan fingerprint density at radius 2 is 2.07 bits per heavy atom. The van der Waals surface area contributed by atoms with Gasteiger partial charge < -0.3 is 20.1 Å². The van der Waals surface area contributed by atoms with Gasteiger partial charge in [0.15, 0.2) is 11.5 Å². The Morgan fingerprint density at radius 3 is 2.76 bits per heavy atom. The maximum absolute atomic E-state index is 13.3. The van der Waals surface area contributed by atoms with Crippen LogP contribution in [0.1, 0.15) is 44.1 Å². The second kappa shape index (κ2) is 8.86. The van der Waals surface area contributed by atoms with Crippen LogP contribution in [0.3, 0.4) is 0 Å². The summed E-state index contributed by atoms with van der Waals surface area (Å²) in [5.41, 5.74) is 0.286. The fraction of sp³-hybridized carbons (Fsp3) is 0.545. The van der Waals surface area contributed by atoms with Crippen LogP contribution in [-0.2, 0) is 16.9 Å². The zero-order valence-corrected chi connectivity index (χ0v) is 17.0. The summed E-state index contributed by atoms with van der Waals surface area (Å²) in [6.45, 7) is 1.99. The number of hydrogen-bond acceptors (Lipinski definition) is 5. The van der Waals surface area contributed by atoms with E-state index in [2.05, 4.69) is 15.7 Å². The molecule has 0 radical (unpaired) electrons. The molecule has 2 fully saturated rings. The zero-order valence-electron chi connectivity index (χ0n) is 17.0. The Balaban J connectivity index is 1.52. The van der Waals surface area contributed by atoms with Gasteiger partial charge in [-0.05, 0) is 63.7 Å². The van der Waals surface area contributed by atoms with Crippen molar-refractivity contribution in [1.29, 1.82) is 0 Å². The average Bonchev–Trinajstić information content (AvgIpc) is 3.47. The summed E-state index contributed by atoms with van der Waals surface area (Å²) in [6.07, 6.45) is 9.80. The second-order valence-electron chi connectivity index (χ2n) is 7.89. The molecule has 1 amide bonds. The van der Waals surface area contributed by atoms with Gasteiger partial charge in [0.05, 0.1) is 13.2 Å². The van der Waals surface area contributed by atoms with Crippen LogP contribution in [0.4, 0.5) is 0 Å². The van der Waals surface area contributed by atoms with Gasteiger partial charge in [-0.15, -0.1) is 0 Å². The summed E-state index contributed by atoms with van der Waals surface area (Å²) < 4.78 is 13.6. The molecule has 2 aromatic rings. The molecule has 1 aromatic carbocycles. The van der Waals surface area contributed by atoms with E-state index in [1.807, 2.05) is 35.1 Å². The first kappa shape index (κ1) is 19.8. The summed E-state index contributed by atoms with van der Waals surface area (Å²) in [7, 11) is 1.65. The summed E-state index contributed by atoms with van der Waals surface area (Å²) in [4.78, 5) is 13.3. The van der Waals surface area contributed by atoms with Crippen LogP contribution in [0, 0.1) is 0 Å². The molecule has 1 saturated carbocycles. The van der Waals surface area contributed by atoms with Gasteiger partial charge >= 0.3 is 0 Å². The van der Waals surface area contributed by atoms with Gasteiger partial charge in [0.25, 0.3) is 0 Å². The largest absolute Gasteiger partial charge is 0.493 e. The molecule has 1 aromatic heterocycles. The molecule has 0 spiro atoms. The number of carbonyl (C=O) groups excluding carboxylic acids is 1. The molecule has 2 aliphatic rings. The molecule has 7 nitrogen and oxygen atoms in total. The van der Waals surface area contributed by atoms with Crippen molar-refractivity contribution >= 4 is 5.91 Å². The maximum atomic E-state index is 13.3. The molecular formula is C22H30N4O3. The highest BCUT2D eigenvalue weighted by Crippen LogP contribution is 2.35. The minimum Gasteiger partial charge on any atom is -0.493 e. The molecule has 2 N–H and O–H groups in total. The minimum absolute atomic E-state index is 0.00247. The molecule has 0 unspecified atom stereocenters. The van der Waals surface area contributed by atoms with E-state index in [1.165, 1.54) is 12.8 Å². The Hall–Kier alpha value is -2.54. The maximum Gasteiger partial charge on any atom is 0.248 e. The van der Waals surface area contributed by atoms with Crippen LogP contribution in [0.25, 0.3) is 0 Å². The molecule has 1 aliphatic heterocycles. The Bertz CT molecular complexity index is 809. The average molecular weight is 399 g/mol. The number of aromatic nitrogens is 2. The van der Waals surface area contributed by atoms with Crippen molar-refractivity contribution in [2.45, 2.75) is 56.7 Å². The van der Waals surface area contributed by atoms with E-state index in [9.17, 15) is 4.79 Å². The fourth-order valence-corrected chi connectivity index (χ4v) is 4.43. The van der Waals surface area contributed by atoms with Crippen LogP contribution in [0.2, 0.25) is 0 Å². The third-order valence-electron chi connectivity index (χ3n) is 6.10. The number of nitrogens with zero attached hydrogens (tertiary/aromatic N) is 2. The molecule has 0 bridgehead atoms. The van der Waals surface area contributed by atoms with E-state index < -0.39 is 5.54 Å². The van der Waals surface area contributed by atoms with Crippen molar-refractivity contribution in [3.05, 3.63) is 42.2 Å². The number of rotatable bonds is 7. The fourth-order valence-electron chi connectivity index (χ4n) is 4.43. The third kappa shape index (κ3) is 4.10. The first-order valence-electron chi connectivity index (χ1n) is 10.5. The van der Waals surface area contributed by atoms with E-state index >= 15 is 0 Å². The van der Waals surface area contributed by atoms with Gasteiger partial charge in [-0.25, -0.2) is 0 Å². The lowest BCUT2D eigenvalue weighted by atomic mass is 9.87. The van der Waals surface area contributed by atoms with Crippen LogP contribution >= 0.6 is 0 Å². The van der Waals surface area contributed by atoms with E-state index in [-0.39, 0.29) is 12.0 Å². The Morgan fingerprint density at radius 1 is 1.28 bits per heavy atom. The van der Waals surface area contributed by atoms with Crippen molar-refractivity contribution in [3.63, 3.8) is 0 Å². The normalized spacial score (nSPS) is 19.1. The summed E-state index contributed by atoms with van der Waals surface area (Å²) >= 11 is 0. The van der Waals surface area contributed by atoms with Crippen molar-refractivity contribution in [1.82, 2.24) is 20.4 Å². The number of benzene rings is 1. The molecule has 4 rings (SSSR count). The molecule has 156 valence electrons. The smallest absolute Gasteiger partial charge is 0.248 e. The van der Waals surface area contributed by atoms with Crippen LogP contribution in [0.15, 0.2) is 36.7 Å². The molecule has 2 heterocycles. The van der Waals surface area contributed by atoms with Gasteiger partial charge in [-0.2, -0.15) is 5.10 Å². The number of carbonyl (C=O) groups is 1.